The van der Waals surface area contributed by atoms with Crippen LogP contribution >= 0.6 is 15.9 Å². The number of nitrogens with zero attached hydrogens (tertiary/aromatic N) is 2. The molecule has 1 aromatic heterocycles. The predicted octanol–water partition coefficient (Wildman–Crippen LogP) is 4.72. The van der Waals surface area contributed by atoms with E-state index in [2.05, 4.69) is 58.3 Å². The number of anilines is 1. The first-order valence-corrected chi connectivity index (χ1v) is 7.60. The molecule has 0 atom stereocenters. The topological polar surface area (TPSA) is 37.8 Å². The lowest BCUT2D eigenvalue weighted by atomic mass is 10.0. The van der Waals surface area contributed by atoms with Gasteiger partial charge in [0.05, 0.1) is 5.52 Å². The molecular formula is C17H16BrN3. The molecular weight excluding hydrogens is 326 g/mol. The number of halogens is 1. The van der Waals surface area contributed by atoms with E-state index in [4.69, 9.17) is 4.98 Å². The molecule has 0 spiro atoms. The molecule has 1 N–H and O–H groups in total. The summed E-state index contributed by atoms with van der Waals surface area (Å²) in [4.78, 5) is 9.41. The molecule has 0 amide bonds. The minimum Gasteiger partial charge on any atom is -0.373 e. The summed E-state index contributed by atoms with van der Waals surface area (Å²) in [6, 6.07) is 12.4. The second-order valence-corrected chi connectivity index (χ2v) is 6.04. The predicted molar refractivity (Wildman–Crippen MR) is 91.7 cm³/mol. The number of rotatable bonds is 2. The van der Waals surface area contributed by atoms with E-state index in [1.807, 2.05) is 25.2 Å². The first kappa shape index (κ1) is 14.0. The highest BCUT2D eigenvalue weighted by atomic mass is 79.9. The molecule has 0 aliphatic heterocycles. The van der Waals surface area contributed by atoms with Crippen LogP contribution in [0.2, 0.25) is 0 Å². The van der Waals surface area contributed by atoms with Gasteiger partial charge in [-0.25, -0.2) is 9.97 Å². The van der Waals surface area contributed by atoms with E-state index in [9.17, 15) is 0 Å². The Labute approximate surface area is 132 Å². The van der Waals surface area contributed by atoms with Crippen LogP contribution in [0.5, 0.6) is 0 Å². The molecule has 3 aromatic rings. The van der Waals surface area contributed by atoms with E-state index in [0.717, 1.165) is 32.6 Å². The van der Waals surface area contributed by atoms with Gasteiger partial charge in [-0.15, -0.1) is 0 Å². The Hall–Kier alpha value is -1.94. The highest BCUT2D eigenvalue weighted by molar-refractivity contribution is 9.10. The van der Waals surface area contributed by atoms with Gasteiger partial charge in [0.1, 0.15) is 5.82 Å². The van der Waals surface area contributed by atoms with Crippen molar-refractivity contribution in [3.8, 4) is 11.4 Å². The standard InChI is InChI=1S/C17H16BrN3/c1-10-4-5-11(2)13(8-10)17-20-15-7-6-12(18)9-14(15)16(19-3)21-17/h4-9H,1-3H3,(H,19,20,21). The molecule has 3 rings (SSSR count). The Morgan fingerprint density at radius 3 is 2.57 bits per heavy atom. The van der Waals surface area contributed by atoms with Gasteiger partial charge in [0.25, 0.3) is 0 Å². The van der Waals surface area contributed by atoms with Crippen LogP contribution in [0.25, 0.3) is 22.3 Å². The number of benzene rings is 2. The van der Waals surface area contributed by atoms with Crippen LogP contribution in [0.1, 0.15) is 11.1 Å². The summed E-state index contributed by atoms with van der Waals surface area (Å²) in [6.45, 7) is 4.17. The van der Waals surface area contributed by atoms with Gasteiger partial charge in [-0.3, -0.25) is 0 Å². The molecule has 0 radical (unpaired) electrons. The number of aryl methyl sites for hydroxylation is 2. The SMILES string of the molecule is CNc1nc(-c2cc(C)ccc2C)nc2ccc(Br)cc12. The van der Waals surface area contributed by atoms with E-state index < -0.39 is 0 Å². The summed E-state index contributed by atoms with van der Waals surface area (Å²) in [7, 11) is 1.88. The average molecular weight is 342 g/mol. The van der Waals surface area contributed by atoms with Gasteiger partial charge in [-0.1, -0.05) is 33.6 Å². The first-order chi connectivity index (χ1) is 10.1. The monoisotopic (exact) mass is 341 g/mol. The zero-order valence-corrected chi connectivity index (χ0v) is 13.8. The van der Waals surface area contributed by atoms with E-state index in [0.29, 0.717) is 0 Å². The van der Waals surface area contributed by atoms with Crippen molar-refractivity contribution in [1.29, 1.82) is 0 Å². The van der Waals surface area contributed by atoms with E-state index in [1.54, 1.807) is 0 Å². The highest BCUT2D eigenvalue weighted by Crippen LogP contribution is 2.28. The zero-order valence-electron chi connectivity index (χ0n) is 12.2. The van der Waals surface area contributed by atoms with E-state index in [1.165, 1.54) is 11.1 Å². The summed E-state index contributed by atoms with van der Waals surface area (Å²) < 4.78 is 1.02. The molecule has 106 valence electrons. The van der Waals surface area contributed by atoms with E-state index >= 15 is 0 Å². The summed E-state index contributed by atoms with van der Waals surface area (Å²) in [5.41, 5.74) is 4.41. The average Bonchev–Trinajstić information content (AvgIpc) is 2.48. The highest BCUT2D eigenvalue weighted by Gasteiger charge is 2.11. The van der Waals surface area contributed by atoms with Crippen LogP contribution < -0.4 is 5.32 Å². The van der Waals surface area contributed by atoms with Crippen molar-refractivity contribution < 1.29 is 0 Å². The molecule has 0 aliphatic rings. The molecule has 0 aliphatic carbocycles. The molecule has 0 fully saturated rings. The van der Waals surface area contributed by atoms with Crippen molar-refractivity contribution in [3.05, 3.63) is 52.0 Å². The largest absolute Gasteiger partial charge is 0.373 e. The van der Waals surface area contributed by atoms with Crippen LogP contribution in [0.15, 0.2) is 40.9 Å². The number of fused-ring (bicyclic) bond motifs is 1. The number of hydrogen-bond donors (Lipinski definition) is 1. The third kappa shape index (κ3) is 2.63. The smallest absolute Gasteiger partial charge is 0.162 e. The Morgan fingerprint density at radius 1 is 1.00 bits per heavy atom. The van der Waals surface area contributed by atoms with Crippen molar-refractivity contribution in [2.75, 3.05) is 12.4 Å². The Balaban J connectivity index is 2.29. The van der Waals surface area contributed by atoms with Gasteiger partial charge in [0, 0.05) is 22.5 Å². The third-order valence-electron chi connectivity index (χ3n) is 3.53. The molecule has 4 heteroatoms. The molecule has 21 heavy (non-hydrogen) atoms. The maximum atomic E-state index is 4.73. The van der Waals surface area contributed by atoms with Gasteiger partial charge in [0.2, 0.25) is 0 Å². The second-order valence-electron chi connectivity index (χ2n) is 5.13. The normalized spacial score (nSPS) is 10.9. The lowest BCUT2D eigenvalue weighted by molar-refractivity contribution is 1.20. The zero-order chi connectivity index (χ0) is 15.0. The molecule has 0 bridgehead atoms. The molecule has 3 nitrogen and oxygen atoms in total. The van der Waals surface area contributed by atoms with E-state index in [-0.39, 0.29) is 0 Å². The Bertz CT molecular complexity index is 828. The maximum absolute atomic E-state index is 4.73. The fourth-order valence-corrected chi connectivity index (χ4v) is 2.75. The summed E-state index contributed by atoms with van der Waals surface area (Å²) in [5, 5.41) is 4.18. The van der Waals surface area contributed by atoms with Crippen LogP contribution in [0, 0.1) is 13.8 Å². The molecule has 0 saturated heterocycles. The van der Waals surface area contributed by atoms with Gasteiger partial charge in [-0.2, -0.15) is 0 Å². The number of aromatic nitrogens is 2. The molecule has 1 heterocycles. The van der Waals surface area contributed by atoms with Gasteiger partial charge < -0.3 is 5.32 Å². The molecule has 2 aromatic carbocycles. The minimum atomic E-state index is 0.760. The van der Waals surface area contributed by atoms with Crippen LogP contribution in [0.3, 0.4) is 0 Å². The van der Waals surface area contributed by atoms with Crippen LogP contribution in [0.4, 0.5) is 5.82 Å². The van der Waals surface area contributed by atoms with Crippen molar-refractivity contribution in [1.82, 2.24) is 9.97 Å². The lowest BCUT2D eigenvalue weighted by Gasteiger charge is -2.11. The van der Waals surface area contributed by atoms with Crippen molar-refractivity contribution in [2.45, 2.75) is 13.8 Å². The summed E-state index contributed by atoms with van der Waals surface area (Å²) >= 11 is 3.50. The lowest BCUT2D eigenvalue weighted by Crippen LogP contribution is -2.00. The Kier molecular flexibility index (Phi) is 3.64. The maximum Gasteiger partial charge on any atom is 0.162 e. The number of nitrogens with one attached hydrogen (secondary N) is 1. The van der Waals surface area contributed by atoms with Gasteiger partial charge >= 0.3 is 0 Å². The second kappa shape index (κ2) is 5.45. The quantitative estimate of drug-likeness (QED) is 0.732. The molecule has 0 saturated carbocycles. The number of hydrogen-bond acceptors (Lipinski definition) is 3. The van der Waals surface area contributed by atoms with Crippen LogP contribution in [-0.2, 0) is 0 Å². The fraction of sp³-hybridized carbons (Fsp3) is 0.176. The summed E-state index contributed by atoms with van der Waals surface area (Å²) in [6.07, 6.45) is 0. The van der Waals surface area contributed by atoms with Crippen molar-refractivity contribution in [2.24, 2.45) is 0 Å². The van der Waals surface area contributed by atoms with Gasteiger partial charge in [-0.05, 0) is 43.7 Å². The summed E-state index contributed by atoms with van der Waals surface area (Å²) in [5.74, 6) is 1.60. The van der Waals surface area contributed by atoms with Crippen molar-refractivity contribution in [3.63, 3.8) is 0 Å². The Morgan fingerprint density at radius 2 is 1.81 bits per heavy atom. The molecule has 0 unspecified atom stereocenters. The first-order valence-electron chi connectivity index (χ1n) is 6.81. The van der Waals surface area contributed by atoms with Crippen molar-refractivity contribution >= 4 is 32.7 Å². The fourth-order valence-electron chi connectivity index (χ4n) is 2.39. The minimum absolute atomic E-state index is 0.760. The third-order valence-corrected chi connectivity index (χ3v) is 4.02. The van der Waals surface area contributed by atoms with Gasteiger partial charge in [0.15, 0.2) is 5.82 Å². The van der Waals surface area contributed by atoms with Crippen LogP contribution in [-0.4, -0.2) is 17.0 Å².